The lowest BCUT2D eigenvalue weighted by molar-refractivity contribution is 0.559. The van der Waals surface area contributed by atoms with Crippen molar-refractivity contribution in [2.45, 2.75) is 69.3 Å². The number of hydrogen-bond acceptors (Lipinski definition) is 5. The molecule has 0 spiro atoms. The van der Waals surface area contributed by atoms with Crippen molar-refractivity contribution < 1.29 is 0 Å². The monoisotopic (exact) mass is 344 g/mol. The normalized spacial score (nSPS) is 27.0. The zero-order chi connectivity index (χ0) is 15.6. The molecule has 1 saturated heterocycles. The molecule has 0 saturated carbocycles. The first-order valence-electron chi connectivity index (χ1n) is 7.80. The Balaban J connectivity index is 2.22. The van der Waals surface area contributed by atoms with Crippen molar-refractivity contribution >= 4 is 34.9 Å². The lowest BCUT2D eigenvalue weighted by atomic mass is 9.91. The van der Waals surface area contributed by atoms with Crippen molar-refractivity contribution in [3.05, 3.63) is 15.6 Å². The summed E-state index contributed by atoms with van der Waals surface area (Å²) < 4.78 is 0. The average Bonchev–Trinajstić information content (AvgIpc) is 2.83. The van der Waals surface area contributed by atoms with E-state index in [-0.39, 0.29) is 5.41 Å². The number of thioether (sulfide) groups is 2. The molecule has 3 atom stereocenters. The number of aromatic nitrogens is 1. The van der Waals surface area contributed by atoms with Crippen LogP contribution in [-0.4, -0.2) is 27.8 Å². The van der Waals surface area contributed by atoms with Crippen LogP contribution in [0.4, 0.5) is 0 Å². The van der Waals surface area contributed by atoms with Crippen LogP contribution >= 0.6 is 34.9 Å². The Kier molecular flexibility index (Phi) is 6.08. The molecule has 1 aromatic heterocycles. The van der Waals surface area contributed by atoms with E-state index in [9.17, 15) is 0 Å². The zero-order valence-corrected chi connectivity index (χ0v) is 16.5. The molecule has 2 rings (SSSR count). The van der Waals surface area contributed by atoms with Gasteiger partial charge >= 0.3 is 0 Å². The minimum absolute atomic E-state index is 0.130. The molecule has 120 valence electrons. The average molecular weight is 345 g/mol. The van der Waals surface area contributed by atoms with E-state index in [1.165, 1.54) is 21.3 Å². The van der Waals surface area contributed by atoms with Gasteiger partial charge in [0.2, 0.25) is 0 Å². The second kappa shape index (κ2) is 7.24. The van der Waals surface area contributed by atoms with Crippen LogP contribution in [0.15, 0.2) is 0 Å². The Morgan fingerprint density at radius 3 is 2.52 bits per heavy atom. The Morgan fingerprint density at radius 1 is 1.24 bits per heavy atom. The Bertz CT molecular complexity index is 465. The predicted molar refractivity (Wildman–Crippen MR) is 99.9 cm³/mol. The fourth-order valence-corrected chi connectivity index (χ4v) is 6.80. The fourth-order valence-electron chi connectivity index (χ4n) is 2.37. The van der Waals surface area contributed by atoms with Gasteiger partial charge in [-0.15, -0.1) is 23.1 Å². The first-order valence-corrected chi connectivity index (χ1v) is 10.6. The van der Waals surface area contributed by atoms with Crippen LogP contribution < -0.4 is 5.32 Å². The first kappa shape index (κ1) is 17.6. The number of nitrogens with one attached hydrogen (secondary N) is 1. The molecule has 1 aromatic rings. The van der Waals surface area contributed by atoms with E-state index in [1.807, 2.05) is 11.3 Å². The summed E-state index contributed by atoms with van der Waals surface area (Å²) in [4.78, 5) is 6.49. The predicted octanol–water partition coefficient (Wildman–Crippen LogP) is 4.85. The largest absolute Gasteiger partial charge is 0.312 e. The first-order chi connectivity index (χ1) is 9.82. The number of hydrogen-bond donors (Lipinski definition) is 1. The van der Waals surface area contributed by atoms with Crippen molar-refractivity contribution in [3.63, 3.8) is 0 Å². The van der Waals surface area contributed by atoms with Gasteiger partial charge in [0.15, 0.2) is 0 Å². The molecule has 1 fully saturated rings. The van der Waals surface area contributed by atoms with Crippen molar-refractivity contribution in [1.82, 2.24) is 10.3 Å². The molecule has 2 nitrogen and oxygen atoms in total. The molecule has 3 unspecified atom stereocenters. The second-order valence-corrected chi connectivity index (χ2v) is 10.8. The fraction of sp³-hybridized carbons (Fsp3) is 0.812. The maximum atomic E-state index is 5.06. The van der Waals surface area contributed by atoms with Gasteiger partial charge < -0.3 is 5.32 Å². The number of rotatable bonds is 4. The molecule has 0 bridgehead atoms. The molecule has 0 aromatic carbocycles. The minimum atomic E-state index is 0.130. The maximum absolute atomic E-state index is 5.06. The third kappa shape index (κ3) is 4.40. The van der Waals surface area contributed by atoms with Crippen LogP contribution in [0, 0.1) is 0 Å². The molecular formula is C16H28N2S3. The van der Waals surface area contributed by atoms with Crippen LogP contribution in [0.3, 0.4) is 0 Å². The topological polar surface area (TPSA) is 24.9 Å². The molecule has 1 N–H and O–H groups in total. The molecule has 2 heterocycles. The van der Waals surface area contributed by atoms with Gasteiger partial charge in [-0.25, -0.2) is 4.98 Å². The van der Waals surface area contributed by atoms with E-state index in [2.05, 4.69) is 70.4 Å². The van der Waals surface area contributed by atoms with Gasteiger partial charge in [0.05, 0.1) is 10.9 Å². The van der Waals surface area contributed by atoms with Crippen LogP contribution in [-0.2, 0) is 12.0 Å². The maximum Gasteiger partial charge on any atom is 0.107 e. The molecule has 0 amide bonds. The van der Waals surface area contributed by atoms with E-state index < -0.39 is 0 Å². The summed E-state index contributed by atoms with van der Waals surface area (Å²) in [6.07, 6.45) is 0. The van der Waals surface area contributed by atoms with Gasteiger partial charge in [-0.1, -0.05) is 41.5 Å². The minimum Gasteiger partial charge on any atom is -0.312 e. The number of nitrogens with zero attached hydrogens (tertiary/aromatic N) is 1. The Labute approximate surface area is 142 Å². The molecule has 1 aliphatic heterocycles. The van der Waals surface area contributed by atoms with Crippen molar-refractivity contribution in [2.24, 2.45) is 0 Å². The Hall–Kier alpha value is 0.290. The van der Waals surface area contributed by atoms with Crippen molar-refractivity contribution in [1.29, 1.82) is 0 Å². The summed E-state index contributed by atoms with van der Waals surface area (Å²) in [6, 6.07) is 0. The standard InChI is InChI=1S/C16H28N2S3/c1-7-17-8-12-14(16(4,5)6)18-15(21-12)13-9-19-10(2)11(3)20-13/h10-11,13,17H,7-9H2,1-6H3. The van der Waals surface area contributed by atoms with Gasteiger partial charge in [0.25, 0.3) is 0 Å². The molecule has 0 radical (unpaired) electrons. The zero-order valence-electron chi connectivity index (χ0n) is 14.0. The third-order valence-electron chi connectivity index (χ3n) is 3.79. The highest BCUT2D eigenvalue weighted by molar-refractivity contribution is 8.07. The molecule has 5 heteroatoms. The Morgan fingerprint density at radius 2 is 1.95 bits per heavy atom. The molecular weight excluding hydrogens is 316 g/mol. The quantitative estimate of drug-likeness (QED) is 0.844. The van der Waals surface area contributed by atoms with Gasteiger partial charge in [0.1, 0.15) is 5.01 Å². The van der Waals surface area contributed by atoms with E-state index in [1.54, 1.807) is 0 Å². The van der Waals surface area contributed by atoms with Gasteiger partial charge in [0, 0.05) is 33.1 Å². The van der Waals surface area contributed by atoms with E-state index in [4.69, 9.17) is 4.98 Å². The van der Waals surface area contributed by atoms with Crippen LogP contribution in [0.2, 0.25) is 0 Å². The molecule has 0 aliphatic carbocycles. The van der Waals surface area contributed by atoms with Crippen molar-refractivity contribution in [2.75, 3.05) is 12.3 Å². The van der Waals surface area contributed by atoms with Gasteiger partial charge in [-0.3, -0.25) is 0 Å². The molecule has 1 aliphatic rings. The van der Waals surface area contributed by atoms with Crippen LogP contribution in [0.25, 0.3) is 0 Å². The summed E-state index contributed by atoms with van der Waals surface area (Å²) in [6.45, 7) is 15.6. The summed E-state index contributed by atoms with van der Waals surface area (Å²) in [7, 11) is 0. The second-order valence-electron chi connectivity index (χ2n) is 6.72. The van der Waals surface area contributed by atoms with E-state index in [0.29, 0.717) is 10.5 Å². The SMILES string of the molecule is CCNCc1sc(C2CSC(C)C(C)S2)nc1C(C)(C)C. The summed E-state index contributed by atoms with van der Waals surface area (Å²) >= 11 is 6.14. The third-order valence-corrected chi connectivity index (χ3v) is 8.50. The van der Waals surface area contributed by atoms with Crippen LogP contribution in [0.5, 0.6) is 0 Å². The van der Waals surface area contributed by atoms with Crippen molar-refractivity contribution in [3.8, 4) is 0 Å². The smallest absolute Gasteiger partial charge is 0.107 e. The lowest BCUT2D eigenvalue weighted by Crippen LogP contribution is -2.22. The highest BCUT2D eigenvalue weighted by atomic mass is 32.2. The number of thiazole rings is 1. The molecule has 21 heavy (non-hydrogen) atoms. The summed E-state index contributed by atoms with van der Waals surface area (Å²) in [5.41, 5.74) is 1.42. The highest BCUT2D eigenvalue weighted by Gasteiger charge is 2.31. The summed E-state index contributed by atoms with van der Waals surface area (Å²) in [5, 5.41) is 6.85. The highest BCUT2D eigenvalue weighted by Crippen LogP contribution is 2.46. The van der Waals surface area contributed by atoms with Gasteiger partial charge in [-0.05, 0) is 6.54 Å². The summed E-state index contributed by atoms with van der Waals surface area (Å²) in [5.74, 6) is 1.20. The van der Waals surface area contributed by atoms with E-state index >= 15 is 0 Å². The lowest BCUT2D eigenvalue weighted by Gasteiger charge is -2.30. The van der Waals surface area contributed by atoms with E-state index in [0.717, 1.165) is 18.3 Å². The van der Waals surface area contributed by atoms with Crippen LogP contribution in [0.1, 0.15) is 62.4 Å². The van der Waals surface area contributed by atoms with Gasteiger partial charge in [-0.2, -0.15) is 11.8 Å².